The van der Waals surface area contributed by atoms with Gasteiger partial charge in [-0.1, -0.05) is 18.2 Å². The van der Waals surface area contributed by atoms with Crippen molar-refractivity contribution in [3.63, 3.8) is 0 Å². The third kappa shape index (κ3) is 3.44. The fourth-order valence-corrected chi connectivity index (χ4v) is 3.01. The van der Waals surface area contributed by atoms with Gasteiger partial charge in [0, 0.05) is 0 Å². The first-order chi connectivity index (χ1) is 11.0. The summed E-state index contributed by atoms with van der Waals surface area (Å²) in [5.74, 6) is 0.584. The number of furan rings is 1. The van der Waals surface area contributed by atoms with Crippen LogP contribution in [0.5, 0.6) is 0 Å². The molecule has 1 heterocycles. The molecule has 0 saturated heterocycles. The van der Waals surface area contributed by atoms with Crippen molar-refractivity contribution in [2.45, 2.75) is 39.5 Å². The van der Waals surface area contributed by atoms with Crippen LogP contribution in [0.1, 0.15) is 45.0 Å². The molecule has 2 aromatic rings. The first-order valence-corrected chi connectivity index (χ1v) is 7.80. The van der Waals surface area contributed by atoms with Gasteiger partial charge in [0.05, 0.1) is 12.0 Å². The minimum atomic E-state index is -0.373. The zero-order chi connectivity index (χ0) is 16.4. The number of carbonyl (C=O) groups excluding carboxylic acids is 2. The van der Waals surface area contributed by atoms with Crippen LogP contribution in [-0.2, 0) is 24.1 Å². The van der Waals surface area contributed by atoms with Crippen LogP contribution in [0.2, 0.25) is 0 Å². The van der Waals surface area contributed by atoms with Crippen molar-refractivity contribution in [1.82, 2.24) is 10.9 Å². The molecule has 1 aromatic carbocycles. The fourth-order valence-electron chi connectivity index (χ4n) is 3.01. The van der Waals surface area contributed by atoms with E-state index in [1.807, 2.05) is 6.07 Å². The smallest absolute Gasteiger partial charge is 0.273 e. The maximum absolute atomic E-state index is 12.0. The Balaban J connectivity index is 1.55. The fraction of sp³-hybridized carbons (Fsp3) is 0.333. The predicted molar refractivity (Wildman–Crippen MR) is 86.0 cm³/mol. The highest BCUT2D eigenvalue weighted by Gasteiger charge is 2.15. The highest BCUT2D eigenvalue weighted by molar-refractivity contribution is 5.96. The quantitative estimate of drug-likeness (QED) is 0.855. The lowest BCUT2D eigenvalue weighted by molar-refractivity contribution is -0.121. The number of hydrazine groups is 1. The number of benzene rings is 1. The van der Waals surface area contributed by atoms with Gasteiger partial charge < -0.3 is 4.42 Å². The van der Waals surface area contributed by atoms with E-state index >= 15 is 0 Å². The van der Waals surface area contributed by atoms with Gasteiger partial charge in [0.2, 0.25) is 5.91 Å². The Hall–Kier alpha value is -2.56. The lowest BCUT2D eigenvalue weighted by Crippen LogP contribution is -2.42. The second-order valence-corrected chi connectivity index (χ2v) is 5.96. The number of hydrogen-bond acceptors (Lipinski definition) is 3. The Morgan fingerprint density at radius 3 is 2.61 bits per heavy atom. The topological polar surface area (TPSA) is 71.3 Å². The van der Waals surface area contributed by atoms with Gasteiger partial charge in [0.15, 0.2) is 0 Å². The minimum Gasteiger partial charge on any atom is -0.466 e. The van der Waals surface area contributed by atoms with E-state index in [0.717, 1.165) is 18.4 Å². The number of hydrogen-bond donors (Lipinski definition) is 2. The summed E-state index contributed by atoms with van der Waals surface area (Å²) >= 11 is 0. The van der Waals surface area contributed by atoms with Crippen LogP contribution in [0.3, 0.4) is 0 Å². The first kappa shape index (κ1) is 15.3. The molecule has 3 rings (SSSR count). The molecule has 5 heteroatoms. The third-order valence-corrected chi connectivity index (χ3v) is 4.13. The van der Waals surface area contributed by atoms with Gasteiger partial charge in [-0.3, -0.25) is 20.4 Å². The van der Waals surface area contributed by atoms with Crippen molar-refractivity contribution in [3.05, 3.63) is 58.0 Å². The highest BCUT2D eigenvalue weighted by Crippen LogP contribution is 2.22. The Morgan fingerprint density at radius 1 is 1.09 bits per heavy atom. The van der Waals surface area contributed by atoms with Crippen molar-refractivity contribution >= 4 is 11.8 Å². The third-order valence-electron chi connectivity index (χ3n) is 4.13. The van der Waals surface area contributed by atoms with Crippen LogP contribution in [0.4, 0.5) is 0 Å². The van der Waals surface area contributed by atoms with E-state index in [1.165, 1.54) is 17.5 Å². The molecule has 1 aliphatic carbocycles. The number of aryl methyl sites for hydroxylation is 4. The van der Waals surface area contributed by atoms with Crippen LogP contribution in [-0.4, -0.2) is 11.8 Å². The molecule has 2 N–H and O–H groups in total. The van der Waals surface area contributed by atoms with E-state index in [9.17, 15) is 9.59 Å². The highest BCUT2D eigenvalue weighted by atomic mass is 16.3. The number of carbonyl (C=O) groups is 2. The summed E-state index contributed by atoms with van der Waals surface area (Å²) < 4.78 is 5.31. The second kappa shape index (κ2) is 6.28. The lowest BCUT2D eigenvalue weighted by atomic mass is 10.0. The molecule has 1 aliphatic rings. The molecule has 2 amide bonds. The number of rotatable bonds is 3. The summed E-state index contributed by atoms with van der Waals surface area (Å²) in [5, 5.41) is 0. The van der Waals surface area contributed by atoms with Gasteiger partial charge in [-0.05, 0) is 55.9 Å². The summed E-state index contributed by atoms with van der Waals surface area (Å²) in [7, 11) is 0. The van der Waals surface area contributed by atoms with Crippen LogP contribution in [0, 0.1) is 13.8 Å². The van der Waals surface area contributed by atoms with E-state index in [0.29, 0.717) is 17.1 Å². The van der Waals surface area contributed by atoms with E-state index < -0.39 is 0 Å². The molecule has 0 unspecified atom stereocenters. The molecular weight excluding hydrogens is 292 g/mol. The number of amides is 2. The summed E-state index contributed by atoms with van der Waals surface area (Å²) in [5.41, 5.74) is 9.00. The van der Waals surface area contributed by atoms with Crippen molar-refractivity contribution in [3.8, 4) is 0 Å². The molecule has 0 saturated carbocycles. The Labute approximate surface area is 135 Å². The molecule has 0 fully saturated rings. The van der Waals surface area contributed by atoms with E-state index in [1.54, 1.807) is 19.9 Å². The molecule has 5 nitrogen and oxygen atoms in total. The van der Waals surface area contributed by atoms with Crippen LogP contribution < -0.4 is 10.9 Å². The van der Waals surface area contributed by atoms with Gasteiger partial charge in [0.25, 0.3) is 5.91 Å². The van der Waals surface area contributed by atoms with Crippen molar-refractivity contribution in [1.29, 1.82) is 0 Å². The van der Waals surface area contributed by atoms with E-state index in [4.69, 9.17) is 4.42 Å². The summed E-state index contributed by atoms with van der Waals surface area (Å²) in [4.78, 5) is 24.0. The molecule has 0 radical (unpaired) electrons. The van der Waals surface area contributed by atoms with Gasteiger partial charge >= 0.3 is 0 Å². The molecule has 23 heavy (non-hydrogen) atoms. The zero-order valence-corrected chi connectivity index (χ0v) is 13.4. The number of fused-ring (bicyclic) bond motifs is 1. The largest absolute Gasteiger partial charge is 0.466 e. The average molecular weight is 312 g/mol. The second-order valence-electron chi connectivity index (χ2n) is 5.96. The Kier molecular flexibility index (Phi) is 4.19. The molecular formula is C18H20N2O3. The first-order valence-electron chi connectivity index (χ1n) is 7.80. The molecule has 0 bridgehead atoms. The summed E-state index contributed by atoms with van der Waals surface area (Å²) in [6.45, 7) is 3.49. The molecule has 1 aromatic heterocycles. The number of nitrogens with one attached hydrogen (secondary N) is 2. The minimum absolute atomic E-state index is 0.242. The van der Waals surface area contributed by atoms with Crippen molar-refractivity contribution in [2.75, 3.05) is 0 Å². The zero-order valence-electron chi connectivity index (χ0n) is 13.4. The van der Waals surface area contributed by atoms with Crippen LogP contribution in [0.25, 0.3) is 0 Å². The van der Waals surface area contributed by atoms with E-state index in [-0.39, 0.29) is 18.2 Å². The summed E-state index contributed by atoms with van der Waals surface area (Å²) in [6, 6.07) is 7.82. The van der Waals surface area contributed by atoms with Gasteiger partial charge in [-0.15, -0.1) is 0 Å². The van der Waals surface area contributed by atoms with Crippen LogP contribution in [0.15, 0.2) is 28.7 Å². The molecule has 120 valence electrons. The summed E-state index contributed by atoms with van der Waals surface area (Å²) in [6.07, 6.45) is 3.64. The SMILES string of the molecule is Cc1cc(C(=O)NNC(=O)Cc2ccc3c(c2)CCC3)c(C)o1. The predicted octanol–water partition coefficient (Wildman–Crippen LogP) is 2.39. The Bertz CT molecular complexity index is 762. The Morgan fingerprint density at radius 2 is 1.87 bits per heavy atom. The molecule has 0 spiro atoms. The maximum atomic E-state index is 12.0. The van der Waals surface area contributed by atoms with E-state index in [2.05, 4.69) is 23.0 Å². The average Bonchev–Trinajstić information content (AvgIpc) is 3.10. The maximum Gasteiger partial charge on any atom is 0.273 e. The van der Waals surface area contributed by atoms with Gasteiger partial charge in [0.1, 0.15) is 11.5 Å². The lowest BCUT2D eigenvalue weighted by Gasteiger charge is -2.08. The monoisotopic (exact) mass is 312 g/mol. The van der Waals surface area contributed by atoms with Crippen molar-refractivity contribution in [2.24, 2.45) is 0 Å². The van der Waals surface area contributed by atoms with Gasteiger partial charge in [-0.25, -0.2) is 0 Å². The standard InChI is InChI=1S/C18H20N2O3/c1-11-8-16(12(2)23-11)18(22)20-19-17(21)10-13-6-7-14-4-3-5-15(14)9-13/h6-9H,3-5,10H2,1-2H3,(H,19,21)(H,20,22). The normalized spacial score (nSPS) is 12.8. The molecule has 0 atom stereocenters. The van der Waals surface area contributed by atoms with Crippen LogP contribution >= 0.6 is 0 Å². The van der Waals surface area contributed by atoms with Gasteiger partial charge in [-0.2, -0.15) is 0 Å². The van der Waals surface area contributed by atoms with Crippen molar-refractivity contribution < 1.29 is 14.0 Å². The molecule has 0 aliphatic heterocycles.